The SMILES string of the molecule is C=C[C@@H](N)c1cc(OC)cc(C(F)(F)F)c1. The van der Waals surface area contributed by atoms with Crippen LogP contribution in [0, 0.1) is 0 Å². The van der Waals surface area contributed by atoms with E-state index in [1.807, 2.05) is 0 Å². The predicted octanol–water partition coefficient (Wildman–Crippen LogP) is 2.90. The molecule has 0 spiro atoms. The van der Waals surface area contributed by atoms with E-state index >= 15 is 0 Å². The van der Waals surface area contributed by atoms with Crippen LogP contribution in [0.4, 0.5) is 13.2 Å². The van der Waals surface area contributed by atoms with Crippen molar-refractivity contribution in [2.45, 2.75) is 12.2 Å². The molecular formula is C11H12F3NO. The minimum Gasteiger partial charge on any atom is -0.497 e. The summed E-state index contributed by atoms with van der Waals surface area (Å²) in [4.78, 5) is 0. The zero-order valence-electron chi connectivity index (χ0n) is 8.71. The lowest BCUT2D eigenvalue weighted by molar-refractivity contribution is -0.137. The van der Waals surface area contributed by atoms with Gasteiger partial charge in [-0.2, -0.15) is 13.2 Å². The highest BCUT2D eigenvalue weighted by Crippen LogP contribution is 2.33. The first-order valence-corrected chi connectivity index (χ1v) is 4.52. The number of methoxy groups -OCH3 is 1. The highest BCUT2D eigenvalue weighted by Gasteiger charge is 2.31. The highest BCUT2D eigenvalue weighted by atomic mass is 19.4. The van der Waals surface area contributed by atoms with Crippen LogP contribution in [0.3, 0.4) is 0 Å². The van der Waals surface area contributed by atoms with Gasteiger partial charge in [-0.05, 0) is 23.8 Å². The van der Waals surface area contributed by atoms with Crippen molar-refractivity contribution in [1.82, 2.24) is 0 Å². The minimum atomic E-state index is -4.41. The van der Waals surface area contributed by atoms with E-state index in [0.29, 0.717) is 5.56 Å². The van der Waals surface area contributed by atoms with Gasteiger partial charge in [0.2, 0.25) is 0 Å². The first-order chi connectivity index (χ1) is 7.38. The monoisotopic (exact) mass is 231 g/mol. The van der Waals surface area contributed by atoms with E-state index < -0.39 is 17.8 Å². The van der Waals surface area contributed by atoms with Gasteiger partial charge in [0, 0.05) is 6.04 Å². The lowest BCUT2D eigenvalue weighted by Crippen LogP contribution is -2.11. The summed E-state index contributed by atoms with van der Waals surface area (Å²) in [5.74, 6) is 0.127. The van der Waals surface area contributed by atoms with Crippen LogP contribution in [-0.2, 0) is 6.18 Å². The van der Waals surface area contributed by atoms with Gasteiger partial charge in [-0.3, -0.25) is 0 Å². The Labute approximate surface area is 91.5 Å². The molecule has 0 bridgehead atoms. The fourth-order valence-electron chi connectivity index (χ4n) is 1.23. The summed E-state index contributed by atoms with van der Waals surface area (Å²) in [5.41, 5.74) is 5.13. The third-order valence-corrected chi connectivity index (χ3v) is 2.13. The van der Waals surface area contributed by atoms with Gasteiger partial charge in [0.25, 0.3) is 0 Å². The molecule has 1 aromatic rings. The number of benzene rings is 1. The van der Waals surface area contributed by atoms with Crippen molar-refractivity contribution < 1.29 is 17.9 Å². The average Bonchev–Trinajstić information content (AvgIpc) is 2.26. The van der Waals surface area contributed by atoms with Crippen LogP contribution < -0.4 is 10.5 Å². The molecule has 0 aromatic heterocycles. The summed E-state index contributed by atoms with van der Waals surface area (Å²) in [5, 5.41) is 0. The Hall–Kier alpha value is -1.49. The number of alkyl halides is 3. The molecular weight excluding hydrogens is 219 g/mol. The molecule has 16 heavy (non-hydrogen) atoms. The second kappa shape index (κ2) is 4.57. The number of rotatable bonds is 3. The smallest absolute Gasteiger partial charge is 0.416 e. The van der Waals surface area contributed by atoms with Gasteiger partial charge >= 0.3 is 6.18 Å². The molecule has 2 N–H and O–H groups in total. The Bertz CT molecular complexity index is 387. The van der Waals surface area contributed by atoms with E-state index in [0.717, 1.165) is 12.1 Å². The van der Waals surface area contributed by atoms with Gasteiger partial charge < -0.3 is 10.5 Å². The Morgan fingerprint density at radius 1 is 1.38 bits per heavy atom. The third-order valence-electron chi connectivity index (χ3n) is 2.13. The lowest BCUT2D eigenvalue weighted by Gasteiger charge is -2.13. The highest BCUT2D eigenvalue weighted by molar-refractivity contribution is 5.38. The molecule has 88 valence electrons. The Morgan fingerprint density at radius 3 is 2.44 bits per heavy atom. The van der Waals surface area contributed by atoms with Crippen molar-refractivity contribution >= 4 is 0 Å². The molecule has 0 aliphatic carbocycles. The van der Waals surface area contributed by atoms with Crippen LogP contribution in [0.2, 0.25) is 0 Å². The summed E-state index contributed by atoms with van der Waals surface area (Å²) in [7, 11) is 1.30. The predicted molar refractivity (Wildman–Crippen MR) is 55.1 cm³/mol. The van der Waals surface area contributed by atoms with Gasteiger partial charge in [-0.1, -0.05) is 6.08 Å². The maximum Gasteiger partial charge on any atom is 0.416 e. The molecule has 5 heteroatoms. The molecule has 0 heterocycles. The lowest BCUT2D eigenvalue weighted by atomic mass is 10.0. The van der Waals surface area contributed by atoms with Gasteiger partial charge in [-0.25, -0.2) is 0 Å². The molecule has 0 aliphatic rings. The first kappa shape index (κ1) is 12.6. The molecule has 1 aromatic carbocycles. The molecule has 0 aliphatic heterocycles. The fourth-order valence-corrected chi connectivity index (χ4v) is 1.23. The average molecular weight is 231 g/mol. The van der Waals surface area contributed by atoms with E-state index in [4.69, 9.17) is 10.5 Å². The largest absolute Gasteiger partial charge is 0.497 e. The quantitative estimate of drug-likeness (QED) is 0.812. The number of hydrogen-bond acceptors (Lipinski definition) is 2. The molecule has 1 rings (SSSR count). The van der Waals surface area contributed by atoms with E-state index in [-0.39, 0.29) is 5.75 Å². The summed E-state index contributed by atoms with van der Waals surface area (Å²) < 4.78 is 42.4. The normalized spacial score (nSPS) is 13.3. The Morgan fingerprint density at radius 2 is 2.00 bits per heavy atom. The van der Waals surface area contributed by atoms with Crippen LogP contribution >= 0.6 is 0 Å². The van der Waals surface area contributed by atoms with Gasteiger partial charge in [0.15, 0.2) is 0 Å². The standard InChI is InChI=1S/C11H12F3NO/c1-3-10(15)7-4-8(11(12,13)14)6-9(5-7)16-2/h3-6,10H,1,15H2,2H3/t10-/m1/s1. The van der Waals surface area contributed by atoms with Crippen molar-refractivity contribution in [3.63, 3.8) is 0 Å². The molecule has 0 radical (unpaired) electrons. The molecule has 0 fully saturated rings. The number of halogens is 3. The minimum absolute atomic E-state index is 0.127. The van der Waals surface area contributed by atoms with Crippen molar-refractivity contribution in [1.29, 1.82) is 0 Å². The van der Waals surface area contributed by atoms with Crippen molar-refractivity contribution in [2.75, 3.05) is 7.11 Å². The van der Waals surface area contributed by atoms with Gasteiger partial charge in [-0.15, -0.1) is 6.58 Å². The topological polar surface area (TPSA) is 35.2 Å². The third kappa shape index (κ3) is 2.76. The van der Waals surface area contributed by atoms with Gasteiger partial charge in [0.1, 0.15) is 5.75 Å². The van der Waals surface area contributed by atoms with Crippen LogP contribution in [-0.4, -0.2) is 7.11 Å². The molecule has 2 nitrogen and oxygen atoms in total. The maximum atomic E-state index is 12.5. The van der Waals surface area contributed by atoms with E-state index in [1.165, 1.54) is 19.3 Å². The molecule has 1 atom stereocenters. The van der Waals surface area contributed by atoms with Crippen LogP contribution in [0.1, 0.15) is 17.2 Å². The van der Waals surface area contributed by atoms with Crippen molar-refractivity contribution in [3.8, 4) is 5.75 Å². The number of nitrogens with two attached hydrogens (primary N) is 1. The molecule has 0 saturated heterocycles. The second-order valence-electron chi connectivity index (χ2n) is 3.25. The summed E-state index contributed by atoms with van der Waals surface area (Å²) in [6, 6.07) is 2.74. The molecule has 0 amide bonds. The van der Waals surface area contributed by atoms with Gasteiger partial charge in [0.05, 0.1) is 12.7 Å². The zero-order valence-corrected chi connectivity index (χ0v) is 8.71. The molecule has 0 saturated carbocycles. The van der Waals surface area contributed by atoms with E-state index in [9.17, 15) is 13.2 Å². The van der Waals surface area contributed by atoms with Crippen LogP contribution in [0.15, 0.2) is 30.9 Å². The van der Waals surface area contributed by atoms with Crippen LogP contribution in [0.5, 0.6) is 5.75 Å². The van der Waals surface area contributed by atoms with E-state index in [1.54, 1.807) is 0 Å². The fraction of sp³-hybridized carbons (Fsp3) is 0.273. The summed E-state index contributed by atoms with van der Waals surface area (Å²) in [6.07, 6.45) is -3.04. The Kier molecular flexibility index (Phi) is 3.59. The number of ether oxygens (including phenoxy) is 1. The van der Waals surface area contributed by atoms with E-state index in [2.05, 4.69) is 6.58 Å². The first-order valence-electron chi connectivity index (χ1n) is 4.52. The number of hydrogen-bond donors (Lipinski definition) is 1. The van der Waals surface area contributed by atoms with Crippen molar-refractivity contribution in [2.24, 2.45) is 5.73 Å². The summed E-state index contributed by atoms with van der Waals surface area (Å²) in [6.45, 7) is 3.44. The second-order valence-corrected chi connectivity index (χ2v) is 3.25. The maximum absolute atomic E-state index is 12.5. The zero-order chi connectivity index (χ0) is 12.3. The summed E-state index contributed by atoms with van der Waals surface area (Å²) >= 11 is 0. The van der Waals surface area contributed by atoms with Crippen LogP contribution in [0.25, 0.3) is 0 Å². The van der Waals surface area contributed by atoms with Crippen molar-refractivity contribution in [3.05, 3.63) is 42.0 Å². The Balaban J connectivity index is 3.26. The molecule has 0 unspecified atom stereocenters.